The van der Waals surface area contributed by atoms with E-state index in [1.54, 1.807) is 0 Å². The summed E-state index contributed by atoms with van der Waals surface area (Å²) in [4.78, 5) is 13.4. The van der Waals surface area contributed by atoms with E-state index in [1.165, 1.54) is 0 Å². The van der Waals surface area contributed by atoms with Crippen molar-refractivity contribution in [1.82, 2.24) is 4.90 Å². The Bertz CT molecular complexity index is 225. The number of carbonyl (C=O) groups is 1. The van der Waals surface area contributed by atoms with Crippen LogP contribution in [0.3, 0.4) is 0 Å². The van der Waals surface area contributed by atoms with E-state index in [4.69, 9.17) is 0 Å². The van der Waals surface area contributed by atoms with Crippen LogP contribution in [0.15, 0.2) is 0 Å². The van der Waals surface area contributed by atoms with Gasteiger partial charge in [0.15, 0.2) is 0 Å². The van der Waals surface area contributed by atoms with Crippen LogP contribution in [0.5, 0.6) is 0 Å². The van der Waals surface area contributed by atoms with E-state index in [1.807, 2.05) is 0 Å². The minimum atomic E-state index is 0.262. The monoisotopic (exact) mass is 197 g/mol. The molecule has 2 nitrogen and oxygen atoms in total. The Kier molecular flexibility index (Phi) is 3.05. The van der Waals surface area contributed by atoms with Gasteiger partial charge in [0.1, 0.15) is 5.78 Å². The van der Waals surface area contributed by atoms with Crippen molar-refractivity contribution < 1.29 is 4.79 Å². The maximum Gasteiger partial charge on any atom is 0.148 e. The SMILES string of the molecule is CC(C)(C)C(C)(C)CN1CCC(=O)C1. The summed E-state index contributed by atoms with van der Waals surface area (Å²) < 4.78 is 0. The van der Waals surface area contributed by atoms with Gasteiger partial charge in [0.25, 0.3) is 0 Å². The van der Waals surface area contributed by atoms with Crippen molar-refractivity contribution in [1.29, 1.82) is 0 Å². The summed E-state index contributed by atoms with van der Waals surface area (Å²) in [5, 5.41) is 0. The third-order valence-corrected chi connectivity index (χ3v) is 3.76. The standard InChI is InChI=1S/C12H23NO/c1-11(2,3)12(4,5)9-13-7-6-10(14)8-13/h6-9H2,1-5H3. The zero-order chi connectivity index (χ0) is 11.0. The molecular weight excluding hydrogens is 174 g/mol. The van der Waals surface area contributed by atoms with Gasteiger partial charge >= 0.3 is 0 Å². The smallest absolute Gasteiger partial charge is 0.148 e. The Morgan fingerprint density at radius 2 is 1.79 bits per heavy atom. The van der Waals surface area contributed by atoms with Crippen molar-refractivity contribution in [3.05, 3.63) is 0 Å². The molecule has 0 saturated carbocycles. The van der Waals surface area contributed by atoms with Crippen LogP contribution in [-0.4, -0.2) is 30.3 Å². The molecule has 0 atom stereocenters. The average Bonchev–Trinajstić information content (AvgIpc) is 2.31. The molecule has 0 aliphatic carbocycles. The van der Waals surface area contributed by atoms with E-state index in [9.17, 15) is 4.79 Å². The van der Waals surface area contributed by atoms with Crippen molar-refractivity contribution >= 4 is 5.78 Å². The highest BCUT2D eigenvalue weighted by atomic mass is 16.1. The fourth-order valence-corrected chi connectivity index (χ4v) is 1.62. The van der Waals surface area contributed by atoms with E-state index in [0.717, 1.165) is 19.5 Å². The zero-order valence-electron chi connectivity index (χ0n) is 10.2. The van der Waals surface area contributed by atoms with E-state index in [2.05, 4.69) is 39.5 Å². The van der Waals surface area contributed by atoms with Crippen LogP contribution < -0.4 is 0 Å². The first-order valence-corrected chi connectivity index (χ1v) is 5.46. The Morgan fingerprint density at radius 3 is 2.14 bits per heavy atom. The minimum absolute atomic E-state index is 0.262. The molecule has 0 N–H and O–H groups in total. The lowest BCUT2D eigenvalue weighted by Gasteiger charge is -2.41. The van der Waals surface area contributed by atoms with Crippen molar-refractivity contribution in [3.63, 3.8) is 0 Å². The van der Waals surface area contributed by atoms with Crippen molar-refractivity contribution in [2.75, 3.05) is 19.6 Å². The first-order chi connectivity index (χ1) is 6.22. The van der Waals surface area contributed by atoms with Gasteiger partial charge in [-0.1, -0.05) is 34.6 Å². The van der Waals surface area contributed by atoms with Gasteiger partial charge < -0.3 is 0 Å². The molecule has 1 saturated heterocycles. The molecule has 0 amide bonds. The molecule has 0 bridgehead atoms. The number of hydrogen-bond donors (Lipinski definition) is 0. The van der Waals surface area contributed by atoms with Crippen LogP contribution in [0.4, 0.5) is 0 Å². The second-order valence-electron chi connectivity index (χ2n) is 6.13. The van der Waals surface area contributed by atoms with Gasteiger partial charge in [-0.2, -0.15) is 0 Å². The molecule has 82 valence electrons. The molecule has 0 radical (unpaired) electrons. The Labute approximate surface area is 87.7 Å². The number of hydrogen-bond acceptors (Lipinski definition) is 2. The summed E-state index contributed by atoms with van der Waals surface area (Å²) in [6.07, 6.45) is 0.750. The van der Waals surface area contributed by atoms with Gasteiger partial charge in [-0.3, -0.25) is 9.69 Å². The second kappa shape index (κ2) is 3.65. The van der Waals surface area contributed by atoms with Crippen LogP contribution >= 0.6 is 0 Å². The molecule has 1 aliphatic heterocycles. The molecule has 0 aromatic rings. The molecule has 1 aliphatic rings. The van der Waals surface area contributed by atoms with Gasteiger partial charge in [0.2, 0.25) is 0 Å². The molecule has 0 aromatic heterocycles. The predicted molar refractivity (Wildman–Crippen MR) is 59.3 cm³/mol. The van der Waals surface area contributed by atoms with Gasteiger partial charge in [0, 0.05) is 19.5 Å². The van der Waals surface area contributed by atoms with Crippen LogP contribution in [-0.2, 0) is 4.79 Å². The van der Waals surface area contributed by atoms with Crippen LogP contribution in [0, 0.1) is 10.8 Å². The lowest BCUT2D eigenvalue weighted by molar-refractivity contribution is -0.117. The minimum Gasteiger partial charge on any atom is -0.298 e. The van der Waals surface area contributed by atoms with Crippen LogP contribution in [0.1, 0.15) is 41.0 Å². The summed E-state index contributed by atoms with van der Waals surface area (Å²) in [6.45, 7) is 14.0. The summed E-state index contributed by atoms with van der Waals surface area (Å²) >= 11 is 0. The van der Waals surface area contributed by atoms with E-state index in [0.29, 0.717) is 17.7 Å². The van der Waals surface area contributed by atoms with E-state index < -0.39 is 0 Å². The van der Waals surface area contributed by atoms with Gasteiger partial charge in [0.05, 0.1) is 6.54 Å². The molecule has 1 heterocycles. The molecule has 14 heavy (non-hydrogen) atoms. The molecule has 1 rings (SSSR count). The maximum atomic E-state index is 11.1. The Morgan fingerprint density at radius 1 is 1.21 bits per heavy atom. The fourth-order valence-electron chi connectivity index (χ4n) is 1.62. The normalized spacial score (nSPS) is 20.5. The largest absolute Gasteiger partial charge is 0.298 e. The van der Waals surface area contributed by atoms with E-state index >= 15 is 0 Å². The topological polar surface area (TPSA) is 20.3 Å². The highest BCUT2D eigenvalue weighted by molar-refractivity contribution is 5.82. The summed E-state index contributed by atoms with van der Waals surface area (Å²) in [6, 6.07) is 0. The Balaban J connectivity index is 2.55. The van der Waals surface area contributed by atoms with Crippen LogP contribution in [0.25, 0.3) is 0 Å². The van der Waals surface area contributed by atoms with Gasteiger partial charge in [-0.05, 0) is 10.8 Å². The highest BCUT2D eigenvalue weighted by Crippen LogP contribution is 2.38. The Hall–Kier alpha value is -0.370. The first-order valence-electron chi connectivity index (χ1n) is 5.46. The van der Waals surface area contributed by atoms with E-state index in [-0.39, 0.29) is 5.41 Å². The molecule has 2 heteroatoms. The highest BCUT2D eigenvalue weighted by Gasteiger charge is 2.35. The zero-order valence-corrected chi connectivity index (χ0v) is 10.2. The third-order valence-electron chi connectivity index (χ3n) is 3.76. The molecule has 1 fully saturated rings. The average molecular weight is 197 g/mol. The van der Waals surface area contributed by atoms with Gasteiger partial charge in [-0.15, -0.1) is 0 Å². The lowest BCUT2D eigenvalue weighted by Crippen LogP contribution is -2.41. The number of Topliss-reactive ketones (excluding diaryl/α,β-unsaturated/α-hetero) is 1. The van der Waals surface area contributed by atoms with Crippen molar-refractivity contribution in [2.45, 2.75) is 41.0 Å². The number of nitrogens with zero attached hydrogens (tertiary/aromatic N) is 1. The number of likely N-dealkylation sites (tertiary alicyclic amines) is 1. The number of rotatable bonds is 2. The summed E-state index contributed by atoms with van der Waals surface area (Å²) in [5.74, 6) is 0.398. The van der Waals surface area contributed by atoms with Crippen molar-refractivity contribution in [2.24, 2.45) is 10.8 Å². The molecule has 0 spiro atoms. The summed E-state index contributed by atoms with van der Waals surface area (Å²) in [7, 11) is 0. The summed E-state index contributed by atoms with van der Waals surface area (Å²) in [5.41, 5.74) is 0.552. The lowest BCUT2D eigenvalue weighted by atomic mass is 9.69. The predicted octanol–water partition coefficient (Wildman–Crippen LogP) is 2.33. The molecule has 0 unspecified atom stereocenters. The maximum absolute atomic E-state index is 11.1. The molecular formula is C12H23NO. The quantitative estimate of drug-likeness (QED) is 0.677. The fraction of sp³-hybridized carbons (Fsp3) is 0.917. The third kappa shape index (κ3) is 2.57. The first kappa shape index (κ1) is 11.7. The van der Waals surface area contributed by atoms with Gasteiger partial charge in [-0.25, -0.2) is 0 Å². The number of carbonyl (C=O) groups excluding carboxylic acids is 1. The van der Waals surface area contributed by atoms with Crippen LogP contribution in [0.2, 0.25) is 0 Å². The second-order valence-corrected chi connectivity index (χ2v) is 6.13. The van der Waals surface area contributed by atoms with Crippen molar-refractivity contribution in [3.8, 4) is 0 Å². The molecule has 0 aromatic carbocycles. The number of ketones is 1.